The second kappa shape index (κ2) is 5.66. The molecule has 1 aliphatic rings. The largest absolute Gasteiger partial charge is 0.369 e. The van der Waals surface area contributed by atoms with E-state index in [1.165, 1.54) is 0 Å². The van der Waals surface area contributed by atoms with E-state index < -0.39 is 11.9 Å². The van der Waals surface area contributed by atoms with Crippen LogP contribution < -0.4 is 5.06 Å². The van der Waals surface area contributed by atoms with Crippen molar-refractivity contribution in [2.24, 2.45) is 0 Å². The van der Waals surface area contributed by atoms with Crippen molar-refractivity contribution < 1.29 is 14.4 Å². The van der Waals surface area contributed by atoms with Gasteiger partial charge in [0.2, 0.25) is 0 Å². The molecule has 0 aromatic heterocycles. The predicted molar refractivity (Wildman–Crippen MR) is 91.9 cm³/mol. The van der Waals surface area contributed by atoms with Gasteiger partial charge < -0.3 is 4.84 Å². The monoisotopic (exact) mass is 315 g/mol. The van der Waals surface area contributed by atoms with E-state index in [4.69, 9.17) is 4.84 Å². The smallest absolute Gasteiger partial charge is 0.327 e. The average molecular weight is 315 g/mol. The predicted octanol–water partition coefficient (Wildman–Crippen LogP) is 3.73. The van der Waals surface area contributed by atoms with Gasteiger partial charge in [0.25, 0.3) is 5.91 Å². The summed E-state index contributed by atoms with van der Waals surface area (Å²) >= 11 is 0. The Morgan fingerprint density at radius 3 is 2.33 bits per heavy atom. The number of amides is 1. The molecule has 1 heterocycles. The molecule has 0 bridgehead atoms. The van der Waals surface area contributed by atoms with E-state index in [1.54, 1.807) is 30.3 Å². The van der Waals surface area contributed by atoms with Crippen molar-refractivity contribution in [3.8, 4) is 0 Å². The number of hydrogen-bond acceptors (Lipinski definition) is 3. The van der Waals surface area contributed by atoms with E-state index in [1.807, 2.05) is 48.5 Å². The maximum Gasteiger partial charge on any atom is 0.369 e. The molecular weight excluding hydrogens is 302 g/mol. The Labute approximate surface area is 138 Å². The van der Waals surface area contributed by atoms with Crippen LogP contribution in [0.5, 0.6) is 0 Å². The van der Waals surface area contributed by atoms with Crippen molar-refractivity contribution in [1.82, 2.24) is 0 Å². The first-order chi connectivity index (χ1) is 11.7. The van der Waals surface area contributed by atoms with E-state index in [0.29, 0.717) is 5.69 Å². The molecule has 1 saturated heterocycles. The maximum atomic E-state index is 12.6. The number of nitrogens with zero attached hydrogens (tertiary/aromatic N) is 1. The topological polar surface area (TPSA) is 46.6 Å². The number of para-hydroxylation sites is 1. The van der Waals surface area contributed by atoms with Crippen molar-refractivity contribution >= 4 is 34.4 Å². The van der Waals surface area contributed by atoms with Crippen LogP contribution in [0.25, 0.3) is 16.8 Å². The molecule has 1 aliphatic heterocycles. The van der Waals surface area contributed by atoms with Gasteiger partial charge >= 0.3 is 5.97 Å². The van der Waals surface area contributed by atoms with Gasteiger partial charge in [-0.25, -0.2) is 4.79 Å². The van der Waals surface area contributed by atoms with Gasteiger partial charge in [-0.15, -0.1) is 5.06 Å². The summed E-state index contributed by atoms with van der Waals surface area (Å²) in [5.41, 5.74) is 1.36. The molecule has 1 fully saturated rings. The molecule has 0 atom stereocenters. The number of hydrogen-bond donors (Lipinski definition) is 0. The highest BCUT2D eigenvalue weighted by Gasteiger charge is 2.37. The van der Waals surface area contributed by atoms with E-state index in [2.05, 4.69) is 0 Å². The summed E-state index contributed by atoms with van der Waals surface area (Å²) in [7, 11) is 0. The van der Waals surface area contributed by atoms with Crippen LogP contribution in [0.1, 0.15) is 5.56 Å². The summed E-state index contributed by atoms with van der Waals surface area (Å²) < 4.78 is 0. The molecule has 4 heteroatoms. The van der Waals surface area contributed by atoms with Gasteiger partial charge in [-0.1, -0.05) is 60.7 Å². The first-order valence-electron chi connectivity index (χ1n) is 7.55. The van der Waals surface area contributed by atoms with Crippen LogP contribution in [0.2, 0.25) is 0 Å². The Hall–Kier alpha value is -3.40. The summed E-state index contributed by atoms with van der Waals surface area (Å²) in [5, 5.41) is 3.05. The summed E-state index contributed by atoms with van der Waals surface area (Å²) in [5.74, 6) is -1.10. The van der Waals surface area contributed by atoms with Crippen molar-refractivity contribution in [2.75, 3.05) is 5.06 Å². The van der Waals surface area contributed by atoms with Crippen molar-refractivity contribution in [1.29, 1.82) is 0 Å². The van der Waals surface area contributed by atoms with Crippen LogP contribution in [0, 0.1) is 0 Å². The van der Waals surface area contributed by atoms with Gasteiger partial charge in [0, 0.05) is 0 Å². The molecule has 0 saturated carbocycles. The van der Waals surface area contributed by atoms with Crippen molar-refractivity contribution in [3.63, 3.8) is 0 Å². The molecule has 4 rings (SSSR count). The van der Waals surface area contributed by atoms with Gasteiger partial charge in [0.1, 0.15) is 5.57 Å². The highest BCUT2D eigenvalue weighted by atomic mass is 16.7. The normalized spacial score (nSPS) is 16.0. The molecular formula is C20H13NO3. The Morgan fingerprint density at radius 1 is 0.792 bits per heavy atom. The van der Waals surface area contributed by atoms with Gasteiger partial charge in [0.05, 0.1) is 5.69 Å². The zero-order valence-electron chi connectivity index (χ0n) is 12.7. The number of rotatable bonds is 2. The lowest BCUT2D eigenvalue weighted by molar-refractivity contribution is -0.137. The fourth-order valence-electron chi connectivity index (χ4n) is 2.76. The first-order valence-corrected chi connectivity index (χ1v) is 7.55. The van der Waals surface area contributed by atoms with Crippen molar-refractivity contribution in [3.05, 3.63) is 83.9 Å². The van der Waals surface area contributed by atoms with Gasteiger partial charge in [0.15, 0.2) is 0 Å². The zero-order valence-corrected chi connectivity index (χ0v) is 12.7. The number of carbonyl (C=O) groups is 2. The van der Waals surface area contributed by atoms with Gasteiger partial charge in [-0.3, -0.25) is 4.79 Å². The molecule has 3 aromatic carbocycles. The summed E-state index contributed by atoms with van der Waals surface area (Å²) in [6.07, 6.45) is 1.59. The molecule has 3 aromatic rings. The second-order valence-electron chi connectivity index (χ2n) is 5.44. The van der Waals surface area contributed by atoms with Crippen LogP contribution in [-0.4, -0.2) is 11.9 Å². The molecule has 0 N–H and O–H groups in total. The molecule has 0 spiro atoms. The quantitative estimate of drug-likeness (QED) is 0.535. The molecule has 1 amide bonds. The second-order valence-corrected chi connectivity index (χ2v) is 5.44. The van der Waals surface area contributed by atoms with Crippen LogP contribution in [0.15, 0.2) is 78.4 Å². The molecule has 4 nitrogen and oxygen atoms in total. The van der Waals surface area contributed by atoms with Gasteiger partial charge in [-0.2, -0.15) is 0 Å². The minimum atomic E-state index is -0.642. The SMILES string of the molecule is O=C1ON(c2ccccc2)C(=O)C1=Cc1cccc2ccccc12. The summed E-state index contributed by atoms with van der Waals surface area (Å²) in [6, 6.07) is 22.4. The van der Waals surface area contributed by atoms with E-state index in [0.717, 1.165) is 21.4 Å². The number of hydroxylamine groups is 1. The first kappa shape index (κ1) is 14.2. The Bertz CT molecular complexity index is 971. The van der Waals surface area contributed by atoms with Crippen molar-refractivity contribution in [2.45, 2.75) is 0 Å². The zero-order chi connectivity index (χ0) is 16.5. The molecule has 24 heavy (non-hydrogen) atoms. The fourth-order valence-corrected chi connectivity index (χ4v) is 2.76. The summed E-state index contributed by atoms with van der Waals surface area (Å²) in [6.45, 7) is 0. The van der Waals surface area contributed by atoms with E-state index in [-0.39, 0.29) is 5.57 Å². The summed E-state index contributed by atoms with van der Waals surface area (Å²) in [4.78, 5) is 29.9. The lowest BCUT2D eigenvalue weighted by Crippen LogP contribution is -2.22. The minimum Gasteiger partial charge on any atom is -0.327 e. The molecule has 0 aliphatic carbocycles. The Kier molecular flexibility index (Phi) is 3.35. The number of benzene rings is 3. The molecule has 0 unspecified atom stereocenters. The van der Waals surface area contributed by atoms with Crippen LogP contribution in [-0.2, 0) is 14.4 Å². The third-order valence-corrected chi connectivity index (χ3v) is 3.92. The Morgan fingerprint density at radius 2 is 1.50 bits per heavy atom. The third kappa shape index (κ3) is 2.34. The number of carbonyl (C=O) groups excluding carboxylic acids is 2. The number of anilines is 1. The Balaban J connectivity index is 1.77. The standard InChI is InChI=1S/C20H13NO3/c22-19-18(20(23)24-21(19)16-10-2-1-3-11-16)13-15-9-6-8-14-7-4-5-12-17(14)15/h1-13H. The van der Waals surface area contributed by atoms with E-state index in [9.17, 15) is 9.59 Å². The minimum absolute atomic E-state index is 0.0233. The highest BCUT2D eigenvalue weighted by molar-refractivity contribution is 6.29. The highest BCUT2D eigenvalue weighted by Crippen LogP contribution is 2.27. The van der Waals surface area contributed by atoms with Gasteiger partial charge in [-0.05, 0) is 34.5 Å². The third-order valence-electron chi connectivity index (χ3n) is 3.92. The average Bonchev–Trinajstić information content (AvgIpc) is 2.91. The fraction of sp³-hybridized carbons (Fsp3) is 0. The number of fused-ring (bicyclic) bond motifs is 1. The van der Waals surface area contributed by atoms with Crippen LogP contribution in [0.4, 0.5) is 5.69 Å². The van der Waals surface area contributed by atoms with E-state index >= 15 is 0 Å². The lowest BCUT2D eigenvalue weighted by Gasteiger charge is -2.11. The maximum absolute atomic E-state index is 12.6. The molecule has 0 radical (unpaired) electrons. The molecule has 116 valence electrons. The van der Waals surface area contributed by atoms with Crippen LogP contribution >= 0.6 is 0 Å². The van der Waals surface area contributed by atoms with Crippen LogP contribution in [0.3, 0.4) is 0 Å². The lowest BCUT2D eigenvalue weighted by atomic mass is 10.0.